The lowest BCUT2D eigenvalue weighted by Gasteiger charge is -2.18. The van der Waals surface area contributed by atoms with Gasteiger partial charge in [0, 0.05) is 19.2 Å². The Morgan fingerprint density at radius 3 is 3.00 bits per heavy atom. The van der Waals surface area contributed by atoms with Crippen LogP contribution in [0.25, 0.3) is 0 Å². The first kappa shape index (κ1) is 15.4. The molecule has 1 aromatic rings. The summed E-state index contributed by atoms with van der Waals surface area (Å²) in [6.45, 7) is 5.00. The number of carbonyl (C=O) groups excluding carboxylic acids is 1. The number of carbonyl (C=O) groups is 1. The summed E-state index contributed by atoms with van der Waals surface area (Å²) in [4.78, 5) is 18.8. The van der Waals surface area contributed by atoms with Gasteiger partial charge in [0.25, 0.3) is 5.91 Å². The largest absolute Gasteiger partial charge is 0.496 e. The average molecular weight is 311 g/mol. The summed E-state index contributed by atoms with van der Waals surface area (Å²) < 4.78 is 5.18. The number of likely N-dealkylation sites (N-methyl/N-ethyl adjacent to an activating group) is 1. The van der Waals surface area contributed by atoms with Gasteiger partial charge in [-0.3, -0.25) is 9.79 Å². The Balaban J connectivity index is 2.09. The molecule has 1 aliphatic heterocycles. The highest BCUT2D eigenvalue weighted by Crippen LogP contribution is 2.28. The number of amides is 1. The van der Waals surface area contributed by atoms with Gasteiger partial charge < -0.3 is 20.7 Å². The number of aliphatic imine (C=N–C) groups is 1. The molecule has 6 nitrogen and oxygen atoms in total. The van der Waals surface area contributed by atoms with Gasteiger partial charge in [0.1, 0.15) is 11.6 Å². The second kappa shape index (κ2) is 6.67. The lowest BCUT2D eigenvalue weighted by atomic mass is 10.1. The first-order valence-electron chi connectivity index (χ1n) is 6.76. The van der Waals surface area contributed by atoms with Crippen molar-refractivity contribution in [1.29, 1.82) is 0 Å². The van der Waals surface area contributed by atoms with Crippen LogP contribution in [0.2, 0.25) is 5.02 Å². The Hall–Kier alpha value is -1.95. The Morgan fingerprint density at radius 2 is 2.33 bits per heavy atom. The highest BCUT2D eigenvalue weighted by molar-refractivity contribution is 6.33. The average Bonchev–Trinajstić information content (AvgIpc) is 2.94. The van der Waals surface area contributed by atoms with Crippen LogP contribution in [-0.2, 0) is 0 Å². The van der Waals surface area contributed by atoms with Crippen LogP contribution in [0.1, 0.15) is 17.3 Å². The Morgan fingerprint density at radius 1 is 1.57 bits per heavy atom. The second-order valence-electron chi connectivity index (χ2n) is 4.63. The van der Waals surface area contributed by atoms with E-state index in [4.69, 9.17) is 22.1 Å². The summed E-state index contributed by atoms with van der Waals surface area (Å²) in [5.74, 6) is 1.03. The number of nitrogen functional groups attached to an aromatic ring is 1. The van der Waals surface area contributed by atoms with Crippen molar-refractivity contribution in [3.05, 3.63) is 22.7 Å². The van der Waals surface area contributed by atoms with Crippen LogP contribution < -0.4 is 15.8 Å². The smallest absolute Gasteiger partial charge is 0.255 e. The highest BCUT2D eigenvalue weighted by atomic mass is 35.5. The molecule has 0 unspecified atom stereocenters. The summed E-state index contributed by atoms with van der Waals surface area (Å²) in [5.41, 5.74) is 6.44. The number of rotatable bonds is 5. The predicted octanol–water partition coefficient (Wildman–Crippen LogP) is 1.39. The van der Waals surface area contributed by atoms with Crippen LogP contribution in [-0.4, -0.2) is 49.9 Å². The second-order valence-corrected chi connectivity index (χ2v) is 5.04. The molecule has 7 heteroatoms. The van der Waals surface area contributed by atoms with Crippen molar-refractivity contribution in [2.24, 2.45) is 4.99 Å². The van der Waals surface area contributed by atoms with E-state index in [-0.39, 0.29) is 5.91 Å². The van der Waals surface area contributed by atoms with Gasteiger partial charge in [-0.2, -0.15) is 0 Å². The van der Waals surface area contributed by atoms with Gasteiger partial charge in [0.05, 0.1) is 36.5 Å². The Labute approximate surface area is 128 Å². The summed E-state index contributed by atoms with van der Waals surface area (Å²) >= 11 is 5.97. The molecule has 0 bridgehead atoms. The van der Waals surface area contributed by atoms with Gasteiger partial charge in [0.2, 0.25) is 0 Å². The fourth-order valence-electron chi connectivity index (χ4n) is 2.21. The van der Waals surface area contributed by atoms with Crippen molar-refractivity contribution in [1.82, 2.24) is 10.2 Å². The van der Waals surface area contributed by atoms with Gasteiger partial charge in [-0.15, -0.1) is 0 Å². The molecule has 0 atom stereocenters. The van der Waals surface area contributed by atoms with E-state index < -0.39 is 0 Å². The number of benzene rings is 1. The SMILES string of the molecule is CCN1CCN=C1CNC(=O)c1cc(Cl)c(N)cc1OC. The standard InChI is InChI=1S/C14H19ClN4O2/c1-3-19-5-4-17-13(19)8-18-14(20)9-6-10(15)11(16)7-12(9)21-2/h6-7H,3-5,8,16H2,1-2H3,(H,18,20). The lowest BCUT2D eigenvalue weighted by Crippen LogP contribution is -2.38. The van der Waals surface area contributed by atoms with Crippen molar-refractivity contribution in [2.45, 2.75) is 6.92 Å². The lowest BCUT2D eigenvalue weighted by molar-refractivity contribution is 0.0955. The maximum atomic E-state index is 12.3. The molecule has 0 aromatic heterocycles. The normalized spacial score (nSPS) is 14.0. The third-order valence-electron chi connectivity index (χ3n) is 3.38. The van der Waals surface area contributed by atoms with E-state index in [0.717, 1.165) is 25.5 Å². The molecular weight excluding hydrogens is 292 g/mol. The minimum Gasteiger partial charge on any atom is -0.496 e. The number of anilines is 1. The molecule has 1 heterocycles. The number of hydrogen-bond donors (Lipinski definition) is 2. The van der Waals surface area contributed by atoms with Crippen molar-refractivity contribution < 1.29 is 9.53 Å². The highest BCUT2D eigenvalue weighted by Gasteiger charge is 2.18. The number of methoxy groups -OCH3 is 1. The molecule has 0 spiro atoms. The fraction of sp³-hybridized carbons (Fsp3) is 0.429. The van der Waals surface area contributed by atoms with Crippen LogP contribution in [0, 0.1) is 0 Å². The van der Waals surface area contributed by atoms with Gasteiger partial charge in [-0.25, -0.2) is 0 Å². The number of ether oxygens (including phenoxy) is 1. The van der Waals surface area contributed by atoms with Crippen molar-refractivity contribution in [2.75, 3.05) is 39.0 Å². The number of nitrogens with two attached hydrogens (primary N) is 1. The molecule has 2 rings (SSSR count). The number of halogens is 1. The molecule has 0 fully saturated rings. The monoisotopic (exact) mass is 310 g/mol. The van der Waals surface area contributed by atoms with Crippen LogP contribution in [0.5, 0.6) is 5.75 Å². The van der Waals surface area contributed by atoms with Crippen molar-refractivity contribution in [3.63, 3.8) is 0 Å². The van der Waals surface area contributed by atoms with E-state index in [1.807, 2.05) is 0 Å². The van der Waals surface area contributed by atoms with Crippen LogP contribution >= 0.6 is 11.6 Å². The number of amidine groups is 1. The molecule has 0 saturated carbocycles. The third-order valence-corrected chi connectivity index (χ3v) is 3.71. The van der Waals surface area contributed by atoms with E-state index in [1.54, 1.807) is 6.07 Å². The van der Waals surface area contributed by atoms with Crippen LogP contribution in [0.3, 0.4) is 0 Å². The summed E-state index contributed by atoms with van der Waals surface area (Å²) in [6.07, 6.45) is 0. The topological polar surface area (TPSA) is 80.0 Å². The molecule has 1 aromatic carbocycles. The molecule has 0 aliphatic carbocycles. The number of nitrogens with one attached hydrogen (secondary N) is 1. The quantitative estimate of drug-likeness (QED) is 0.806. The van der Waals surface area contributed by atoms with Crippen molar-refractivity contribution in [3.8, 4) is 5.75 Å². The minimum atomic E-state index is -0.264. The van der Waals surface area contributed by atoms with E-state index in [1.165, 1.54) is 13.2 Å². The first-order chi connectivity index (χ1) is 10.1. The van der Waals surface area contributed by atoms with Gasteiger partial charge in [0.15, 0.2) is 0 Å². The molecule has 114 valence electrons. The summed E-state index contributed by atoms with van der Waals surface area (Å²) in [6, 6.07) is 3.06. The van der Waals surface area contributed by atoms with Crippen molar-refractivity contribution >= 4 is 29.0 Å². The zero-order valence-corrected chi connectivity index (χ0v) is 12.9. The molecule has 0 radical (unpaired) electrons. The molecule has 21 heavy (non-hydrogen) atoms. The Bertz CT molecular complexity index is 574. The molecule has 0 saturated heterocycles. The third kappa shape index (κ3) is 3.39. The molecule has 3 N–H and O–H groups in total. The Kier molecular flexibility index (Phi) is 4.90. The molecule has 1 amide bonds. The predicted molar refractivity (Wildman–Crippen MR) is 84.3 cm³/mol. The summed E-state index contributed by atoms with van der Waals surface area (Å²) in [5, 5.41) is 3.16. The van der Waals surface area contributed by atoms with E-state index in [9.17, 15) is 4.79 Å². The summed E-state index contributed by atoms with van der Waals surface area (Å²) in [7, 11) is 1.49. The van der Waals surface area contributed by atoms with Gasteiger partial charge in [-0.05, 0) is 13.0 Å². The maximum Gasteiger partial charge on any atom is 0.255 e. The number of nitrogens with zero attached hydrogens (tertiary/aromatic N) is 2. The zero-order chi connectivity index (χ0) is 15.4. The maximum absolute atomic E-state index is 12.3. The zero-order valence-electron chi connectivity index (χ0n) is 12.1. The van der Waals surface area contributed by atoms with Gasteiger partial charge in [-0.1, -0.05) is 11.6 Å². The van der Waals surface area contributed by atoms with Gasteiger partial charge >= 0.3 is 0 Å². The number of hydrogen-bond acceptors (Lipinski definition) is 5. The molecule has 1 aliphatic rings. The van der Waals surface area contributed by atoms with Crippen LogP contribution in [0.4, 0.5) is 5.69 Å². The van der Waals surface area contributed by atoms with E-state index in [2.05, 4.69) is 22.1 Å². The first-order valence-corrected chi connectivity index (χ1v) is 7.14. The fourth-order valence-corrected chi connectivity index (χ4v) is 2.37. The minimum absolute atomic E-state index is 0.264. The van der Waals surface area contributed by atoms with E-state index >= 15 is 0 Å². The van der Waals surface area contributed by atoms with E-state index in [0.29, 0.717) is 28.6 Å². The molecular formula is C14H19ClN4O2. The van der Waals surface area contributed by atoms with Crippen LogP contribution in [0.15, 0.2) is 17.1 Å².